The minimum atomic E-state index is -4.26. The normalized spacial score (nSPS) is 16.6. The Labute approximate surface area is 203 Å². The lowest BCUT2D eigenvalue weighted by Crippen LogP contribution is -2.45. The second-order valence-corrected chi connectivity index (χ2v) is 10.3. The summed E-state index contributed by atoms with van der Waals surface area (Å²) in [4.78, 5) is 24.2. The molecule has 0 radical (unpaired) electrons. The fraction of sp³-hybridized carbons (Fsp3) is 0.435. The van der Waals surface area contributed by atoms with Crippen molar-refractivity contribution < 1.29 is 27.8 Å². The minimum Gasteiger partial charge on any atom is -0.497 e. The molecule has 0 aliphatic carbocycles. The molecular formula is C23H24F3N3O3S2. The summed E-state index contributed by atoms with van der Waals surface area (Å²) in [6, 6.07) is 8.89. The van der Waals surface area contributed by atoms with E-state index >= 15 is 0 Å². The van der Waals surface area contributed by atoms with Gasteiger partial charge in [-0.2, -0.15) is 13.2 Å². The van der Waals surface area contributed by atoms with Gasteiger partial charge in [0.05, 0.1) is 29.8 Å². The van der Waals surface area contributed by atoms with E-state index in [2.05, 4.69) is 9.97 Å². The predicted octanol–water partition coefficient (Wildman–Crippen LogP) is 4.83. The molecule has 34 heavy (non-hydrogen) atoms. The molecule has 3 aromatic rings. The summed E-state index contributed by atoms with van der Waals surface area (Å²) in [5, 5.41) is 12.5. The highest BCUT2D eigenvalue weighted by atomic mass is 32.2. The number of rotatable bonds is 7. The van der Waals surface area contributed by atoms with Crippen molar-refractivity contribution in [3.05, 3.63) is 45.9 Å². The molecule has 182 valence electrons. The molecule has 0 saturated carbocycles. The van der Waals surface area contributed by atoms with E-state index in [4.69, 9.17) is 4.74 Å². The third-order valence-electron chi connectivity index (χ3n) is 5.75. The van der Waals surface area contributed by atoms with Gasteiger partial charge < -0.3 is 9.84 Å². The molecule has 1 saturated heterocycles. The van der Waals surface area contributed by atoms with Crippen molar-refractivity contribution in [3.8, 4) is 5.75 Å². The summed E-state index contributed by atoms with van der Waals surface area (Å²) in [6.07, 6.45) is -3.87. The molecule has 4 rings (SSSR count). The Morgan fingerprint density at radius 3 is 2.65 bits per heavy atom. The van der Waals surface area contributed by atoms with Crippen LogP contribution in [0.4, 0.5) is 13.2 Å². The van der Waals surface area contributed by atoms with Gasteiger partial charge in [-0.3, -0.25) is 9.69 Å². The van der Waals surface area contributed by atoms with E-state index in [0.717, 1.165) is 10.9 Å². The Kier molecular flexibility index (Phi) is 7.18. The number of thiophene rings is 1. The minimum absolute atomic E-state index is 0.105. The molecule has 1 aromatic carbocycles. The summed E-state index contributed by atoms with van der Waals surface area (Å²) in [5.41, 5.74) is -0.449. The molecule has 1 aliphatic heterocycles. The number of piperidine rings is 1. The summed E-state index contributed by atoms with van der Waals surface area (Å²) in [7, 11) is 1.58. The number of Topliss-reactive ketones (excluding diaryl/α,β-unsaturated/α-hetero) is 1. The first-order valence-corrected chi connectivity index (χ1v) is 12.5. The number of ketones is 1. The number of likely N-dealkylation sites (tertiary alicyclic amines) is 1. The average Bonchev–Trinajstić information content (AvgIpc) is 3.29. The van der Waals surface area contributed by atoms with E-state index in [1.54, 1.807) is 26.2 Å². The number of carbonyl (C=O) groups is 1. The summed E-state index contributed by atoms with van der Waals surface area (Å²) in [6.45, 7) is 1.12. The van der Waals surface area contributed by atoms with Gasteiger partial charge in [0.25, 0.3) is 0 Å². The number of aromatic nitrogens is 2. The van der Waals surface area contributed by atoms with Gasteiger partial charge >= 0.3 is 6.18 Å². The van der Waals surface area contributed by atoms with Crippen molar-refractivity contribution in [2.75, 3.05) is 32.5 Å². The van der Waals surface area contributed by atoms with Gasteiger partial charge in [-0.15, -0.1) is 11.3 Å². The van der Waals surface area contributed by atoms with Crippen LogP contribution in [0.2, 0.25) is 0 Å². The third-order valence-corrected chi connectivity index (χ3v) is 8.06. The van der Waals surface area contributed by atoms with Crippen LogP contribution >= 0.6 is 23.1 Å². The van der Waals surface area contributed by atoms with Gasteiger partial charge in [0, 0.05) is 23.4 Å². The van der Waals surface area contributed by atoms with Crippen molar-refractivity contribution in [2.45, 2.75) is 36.6 Å². The highest BCUT2D eigenvalue weighted by molar-refractivity contribution is 8.00. The van der Waals surface area contributed by atoms with E-state index in [1.165, 1.54) is 28.0 Å². The predicted molar refractivity (Wildman–Crippen MR) is 126 cm³/mol. The number of aliphatic hydroxyl groups is 1. The van der Waals surface area contributed by atoms with Gasteiger partial charge in [-0.25, -0.2) is 9.97 Å². The first kappa shape index (κ1) is 24.9. The summed E-state index contributed by atoms with van der Waals surface area (Å²) >= 11 is 2.51. The van der Waals surface area contributed by atoms with Crippen LogP contribution in [0.3, 0.4) is 0 Å². The van der Waals surface area contributed by atoms with Crippen molar-refractivity contribution >= 4 is 39.8 Å². The maximum Gasteiger partial charge on any atom is 0.401 e. The SMILES string of the molecule is COc1ccc2nc(C)nc(SCC(=O)c3ccc(C4(O)CCN(CC(F)(F)F)CC4)s3)c2c1. The maximum atomic E-state index is 12.9. The lowest BCUT2D eigenvalue weighted by molar-refractivity contribution is -0.154. The number of alkyl halides is 3. The topological polar surface area (TPSA) is 75.5 Å². The number of benzene rings is 1. The Morgan fingerprint density at radius 2 is 1.97 bits per heavy atom. The number of nitrogens with zero attached hydrogens (tertiary/aromatic N) is 3. The second-order valence-electron chi connectivity index (χ2n) is 8.26. The fourth-order valence-corrected chi connectivity index (χ4v) is 6.07. The molecule has 2 aromatic heterocycles. The monoisotopic (exact) mass is 511 g/mol. The zero-order valence-electron chi connectivity index (χ0n) is 18.7. The molecule has 3 heterocycles. The summed E-state index contributed by atoms with van der Waals surface area (Å²) < 4.78 is 43.2. The van der Waals surface area contributed by atoms with Crippen LogP contribution in [0.1, 0.15) is 33.2 Å². The van der Waals surface area contributed by atoms with Gasteiger partial charge in [-0.05, 0) is 50.1 Å². The van der Waals surface area contributed by atoms with E-state index in [0.29, 0.717) is 26.4 Å². The zero-order valence-corrected chi connectivity index (χ0v) is 20.3. The van der Waals surface area contributed by atoms with E-state index in [9.17, 15) is 23.1 Å². The van der Waals surface area contributed by atoms with Gasteiger partial charge in [0.2, 0.25) is 0 Å². The van der Waals surface area contributed by atoms with Crippen LogP contribution in [-0.2, 0) is 5.60 Å². The van der Waals surface area contributed by atoms with Crippen molar-refractivity contribution in [3.63, 3.8) is 0 Å². The Balaban J connectivity index is 1.43. The maximum absolute atomic E-state index is 12.9. The Hall–Kier alpha value is -2.21. The number of carbonyl (C=O) groups excluding carboxylic acids is 1. The van der Waals surface area contributed by atoms with Gasteiger partial charge in [0.15, 0.2) is 5.78 Å². The largest absolute Gasteiger partial charge is 0.497 e. The Morgan fingerprint density at radius 1 is 1.24 bits per heavy atom. The number of hydrogen-bond donors (Lipinski definition) is 1. The number of fused-ring (bicyclic) bond motifs is 1. The zero-order chi connectivity index (χ0) is 24.5. The average molecular weight is 512 g/mol. The van der Waals surface area contributed by atoms with Crippen molar-refractivity contribution in [1.29, 1.82) is 0 Å². The van der Waals surface area contributed by atoms with Crippen LogP contribution < -0.4 is 4.74 Å². The van der Waals surface area contributed by atoms with Crippen molar-refractivity contribution in [2.24, 2.45) is 0 Å². The van der Waals surface area contributed by atoms with E-state index in [1.807, 2.05) is 18.2 Å². The summed E-state index contributed by atoms with van der Waals surface area (Å²) in [5.74, 6) is 1.32. The molecule has 11 heteroatoms. The lowest BCUT2D eigenvalue weighted by atomic mass is 9.90. The molecule has 0 atom stereocenters. The molecule has 6 nitrogen and oxygen atoms in total. The quantitative estimate of drug-likeness (QED) is 0.277. The molecule has 1 fully saturated rings. The fourth-order valence-electron chi connectivity index (χ4n) is 3.95. The second kappa shape index (κ2) is 9.80. The van der Waals surface area contributed by atoms with Crippen LogP contribution in [-0.4, -0.2) is 64.4 Å². The first-order valence-electron chi connectivity index (χ1n) is 10.7. The smallest absolute Gasteiger partial charge is 0.401 e. The first-order chi connectivity index (χ1) is 16.1. The van der Waals surface area contributed by atoms with Crippen LogP contribution in [0.5, 0.6) is 5.75 Å². The van der Waals surface area contributed by atoms with E-state index < -0.39 is 18.3 Å². The van der Waals surface area contributed by atoms with Crippen LogP contribution in [0.25, 0.3) is 10.9 Å². The standard InChI is InChI=1S/C23H24F3N3O3S2/c1-14-27-17-4-3-15(32-2)11-16(17)21(28-14)33-12-18(30)19-5-6-20(34-19)22(31)7-9-29(10-8-22)13-23(24,25)26/h3-6,11,31H,7-10,12-13H2,1-2H3. The van der Waals surface area contributed by atoms with Crippen molar-refractivity contribution in [1.82, 2.24) is 14.9 Å². The third kappa shape index (κ3) is 5.70. The number of ether oxygens (including phenoxy) is 1. The lowest BCUT2D eigenvalue weighted by Gasteiger charge is -2.37. The highest BCUT2D eigenvalue weighted by Crippen LogP contribution is 2.38. The van der Waals surface area contributed by atoms with Gasteiger partial charge in [-0.1, -0.05) is 11.8 Å². The van der Waals surface area contributed by atoms with Gasteiger partial charge in [0.1, 0.15) is 22.2 Å². The molecule has 0 spiro atoms. The number of hydrogen-bond acceptors (Lipinski definition) is 8. The number of aryl methyl sites for hydroxylation is 1. The van der Waals surface area contributed by atoms with Crippen LogP contribution in [0, 0.1) is 6.92 Å². The molecule has 1 aliphatic rings. The molecular weight excluding hydrogens is 487 g/mol. The van der Waals surface area contributed by atoms with Crippen LogP contribution in [0.15, 0.2) is 35.4 Å². The number of thioether (sulfide) groups is 1. The molecule has 0 bridgehead atoms. The molecule has 0 amide bonds. The highest BCUT2D eigenvalue weighted by Gasteiger charge is 2.39. The van der Waals surface area contributed by atoms with E-state index in [-0.39, 0.29) is 37.5 Å². The Bertz CT molecular complexity index is 1190. The number of halogens is 3. The molecule has 0 unspecified atom stereocenters. The number of methoxy groups -OCH3 is 1. The molecule has 1 N–H and O–H groups in total.